The Hall–Kier alpha value is -1.26. The van der Waals surface area contributed by atoms with Gasteiger partial charge < -0.3 is 19.9 Å². The summed E-state index contributed by atoms with van der Waals surface area (Å²) in [5.41, 5.74) is 1.08. The van der Waals surface area contributed by atoms with Crippen LogP contribution in [0.5, 0.6) is 11.5 Å². The lowest BCUT2D eigenvalue weighted by molar-refractivity contribution is 0.0182. The molecule has 0 bridgehead atoms. The first kappa shape index (κ1) is 11.8. The second-order valence-electron chi connectivity index (χ2n) is 5.37. The molecule has 4 nitrogen and oxygen atoms in total. The van der Waals surface area contributed by atoms with Crippen molar-refractivity contribution in [3.63, 3.8) is 0 Å². The van der Waals surface area contributed by atoms with Gasteiger partial charge in [0.2, 0.25) is 0 Å². The molecule has 3 rings (SSSR count). The highest BCUT2D eigenvalue weighted by Gasteiger charge is 2.32. The highest BCUT2D eigenvalue weighted by molar-refractivity contribution is 5.44. The molecule has 2 atom stereocenters. The first-order valence-corrected chi connectivity index (χ1v) is 6.49. The Morgan fingerprint density at radius 1 is 1.50 bits per heavy atom. The summed E-state index contributed by atoms with van der Waals surface area (Å²) in [7, 11) is 0. The number of ether oxygens (including phenoxy) is 2. The lowest BCUT2D eigenvalue weighted by Gasteiger charge is -2.25. The van der Waals surface area contributed by atoms with E-state index in [0.29, 0.717) is 6.61 Å². The van der Waals surface area contributed by atoms with Crippen LogP contribution >= 0.6 is 0 Å². The van der Waals surface area contributed by atoms with Crippen molar-refractivity contribution in [3.05, 3.63) is 23.8 Å². The highest BCUT2D eigenvalue weighted by Crippen LogP contribution is 2.35. The second kappa shape index (κ2) is 4.44. The first-order valence-electron chi connectivity index (χ1n) is 6.49. The van der Waals surface area contributed by atoms with Gasteiger partial charge in [0, 0.05) is 24.8 Å². The fourth-order valence-electron chi connectivity index (χ4n) is 2.68. The van der Waals surface area contributed by atoms with Crippen LogP contribution in [0.25, 0.3) is 0 Å². The van der Waals surface area contributed by atoms with Gasteiger partial charge in [-0.2, -0.15) is 0 Å². The zero-order chi connectivity index (χ0) is 12.6. The van der Waals surface area contributed by atoms with E-state index in [9.17, 15) is 5.11 Å². The summed E-state index contributed by atoms with van der Waals surface area (Å²) in [5.74, 6) is 1.03. The van der Waals surface area contributed by atoms with Crippen LogP contribution in [0.2, 0.25) is 0 Å². The van der Waals surface area contributed by atoms with Crippen molar-refractivity contribution in [1.82, 2.24) is 5.32 Å². The molecule has 1 aromatic carbocycles. The topological polar surface area (TPSA) is 50.7 Å². The van der Waals surface area contributed by atoms with Gasteiger partial charge in [-0.3, -0.25) is 0 Å². The molecule has 2 aliphatic rings. The molecule has 1 saturated heterocycles. The maximum atomic E-state index is 9.41. The summed E-state index contributed by atoms with van der Waals surface area (Å²) in [4.78, 5) is 0. The molecular formula is C14H19NO3. The summed E-state index contributed by atoms with van der Waals surface area (Å²) in [6.07, 6.45) is 2.25. The van der Waals surface area contributed by atoms with E-state index >= 15 is 0 Å². The third-order valence-corrected chi connectivity index (χ3v) is 3.80. The van der Waals surface area contributed by atoms with E-state index in [4.69, 9.17) is 9.47 Å². The molecule has 4 heteroatoms. The average molecular weight is 249 g/mol. The molecule has 0 aromatic heterocycles. The molecule has 0 radical (unpaired) electrons. The Balaban J connectivity index is 1.66. The van der Waals surface area contributed by atoms with Gasteiger partial charge in [0.05, 0.1) is 11.6 Å². The van der Waals surface area contributed by atoms with Crippen molar-refractivity contribution in [2.75, 3.05) is 19.8 Å². The SMILES string of the molecule is CC1(CNC2COc3cc(O)ccc32)CCCO1. The molecule has 0 saturated carbocycles. The van der Waals surface area contributed by atoms with Crippen molar-refractivity contribution >= 4 is 0 Å². The number of nitrogens with one attached hydrogen (secondary N) is 1. The van der Waals surface area contributed by atoms with Crippen molar-refractivity contribution < 1.29 is 14.6 Å². The monoisotopic (exact) mass is 249 g/mol. The predicted molar refractivity (Wildman–Crippen MR) is 67.9 cm³/mol. The molecule has 0 aliphatic carbocycles. The molecule has 2 N–H and O–H groups in total. The third-order valence-electron chi connectivity index (χ3n) is 3.80. The Morgan fingerprint density at radius 2 is 2.39 bits per heavy atom. The summed E-state index contributed by atoms with van der Waals surface area (Å²) in [6, 6.07) is 5.50. The molecule has 1 aromatic rings. The van der Waals surface area contributed by atoms with Gasteiger partial charge in [0.15, 0.2) is 0 Å². The van der Waals surface area contributed by atoms with Gasteiger partial charge in [-0.1, -0.05) is 0 Å². The van der Waals surface area contributed by atoms with Crippen molar-refractivity contribution in [3.8, 4) is 11.5 Å². The molecule has 0 spiro atoms. The number of rotatable bonds is 3. The molecule has 2 heterocycles. The van der Waals surface area contributed by atoms with Crippen molar-refractivity contribution in [2.24, 2.45) is 0 Å². The van der Waals surface area contributed by atoms with Crippen LogP contribution in [0, 0.1) is 0 Å². The van der Waals surface area contributed by atoms with Crippen LogP contribution < -0.4 is 10.1 Å². The minimum absolute atomic E-state index is 0.0420. The Kier molecular flexibility index (Phi) is 2.92. The van der Waals surface area contributed by atoms with Gasteiger partial charge in [0.25, 0.3) is 0 Å². The lowest BCUT2D eigenvalue weighted by atomic mass is 10.0. The maximum Gasteiger partial charge on any atom is 0.127 e. The zero-order valence-corrected chi connectivity index (χ0v) is 10.6. The largest absolute Gasteiger partial charge is 0.508 e. The number of fused-ring (bicyclic) bond motifs is 1. The smallest absolute Gasteiger partial charge is 0.127 e. The summed E-state index contributed by atoms with van der Waals surface area (Å²) >= 11 is 0. The Morgan fingerprint density at radius 3 is 3.17 bits per heavy atom. The zero-order valence-electron chi connectivity index (χ0n) is 10.6. The number of phenolic OH excluding ortho intramolecular Hbond substituents is 1. The summed E-state index contributed by atoms with van der Waals surface area (Å²) < 4.78 is 11.3. The average Bonchev–Trinajstić information content (AvgIpc) is 2.93. The van der Waals surface area contributed by atoms with Gasteiger partial charge in [-0.05, 0) is 31.9 Å². The van der Waals surface area contributed by atoms with E-state index in [1.165, 1.54) is 0 Å². The first-order chi connectivity index (χ1) is 8.66. The van der Waals surface area contributed by atoms with Crippen molar-refractivity contribution in [2.45, 2.75) is 31.4 Å². The van der Waals surface area contributed by atoms with Crippen molar-refractivity contribution in [1.29, 1.82) is 0 Å². The van der Waals surface area contributed by atoms with Crippen LogP contribution in [0.1, 0.15) is 31.4 Å². The van der Waals surface area contributed by atoms with E-state index in [1.54, 1.807) is 12.1 Å². The number of hydrogen-bond donors (Lipinski definition) is 2. The molecule has 1 fully saturated rings. The van der Waals surface area contributed by atoms with Crippen LogP contribution in [0.3, 0.4) is 0 Å². The quantitative estimate of drug-likeness (QED) is 0.860. The van der Waals surface area contributed by atoms with E-state index in [1.807, 2.05) is 6.07 Å². The minimum atomic E-state index is -0.0420. The predicted octanol–water partition coefficient (Wildman–Crippen LogP) is 1.98. The molecular weight excluding hydrogens is 230 g/mol. The van der Waals surface area contributed by atoms with E-state index in [0.717, 1.165) is 37.3 Å². The van der Waals surface area contributed by atoms with Gasteiger partial charge in [-0.15, -0.1) is 0 Å². The lowest BCUT2D eigenvalue weighted by Crippen LogP contribution is -2.39. The van der Waals surface area contributed by atoms with E-state index in [-0.39, 0.29) is 17.4 Å². The standard InChI is InChI=1S/C14H19NO3/c1-14(5-2-6-18-14)9-15-12-8-17-13-7-10(16)3-4-11(12)13/h3-4,7,12,15-16H,2,5-6,8-9H2,1H3. The number of hydrogen-bond acceptors (Lipinski definition) is 4. The summed E-state index contributed by atoms with van der Waals surface area (Å²) in [5, 5.41) is 12.9. The molecule has 2 aliphatic heterocycles. The Labute approximate surface area is 107 Å². The van der Waals surface area contributed by atoms with Crippen LogP contribution in [0.4, 0.5) is 0 Å². The second-order valence-corrected chi connectivity index (χ2v) is 5.37. The molecule has 98 valence electrons. The highest BCUT2D eigenvalue weighted by atomic mass is 16.5. The van der Waals surface area contributed by atoms with E-state index < -0.39 is 0 Å². The third kappa shape index (κ3) is 2.18. The van der Waals surface area contributed by atoms with E-state index in [2.05, 4.69) is 12.2 Å². The Bertz CT molecular complexity index is 441. The van der Waals surface area contributed by atoms with Gasteiger partial charge in [-0.25, -0.2) is 0 Å². The van der Waals surface area contributed by atoms with Gasteiger partial charge >= 0.3 is 0 Å². The maximum absolute atomic E-state index is 9.41. The number of aromatic hydroxyl groups is 1. The number of benzene rings is 1. The van der Waals surface area contributed by atoms with Crippen LogP contribution in [-0.4, -0.2) is 30.5 Å². The fraction of sp³-hybridized carbons (Fsp3) is 0.571. The normalized spacial score (nSPS) is 30.2. The summed E-state index contributed by atoms with van der Waals surface area (Å²) in [6.45, 7) is 4.47. The molecule has 2 unspecified atom stereocenters. The van der Waals surface area contributed by atoms with Gasteiger partial charge in [0.1, 0.15) is 18.1 Å². The molecule has 0 amide bonds. The minimum Gasteiger partial charge on any atom is -0.508 e. The number of phenols is 1. The fourth-order valence-corrected chi connectivity index (χ4v) is 2.68. The van der Waals surface area contributed by atoms with Crippen LogP contribution in [-0.2, 0) is 4.74 Å². The molecule has 18 heavy (non-hydrogen) atoms. The van der Waals surface area contributed by atoms with Crippen LogP contribution in [0.15, 0.2) is 18.2 Å².